The summed E-state index contributed by atoms with van der Waals surface area (Å²) in [7, 11) is 0. The first-order valence-corrected chi connectivity index (χ1v) is 6.06. The minimum atomic E-state index is -0.0684. The average molecular weight is 220 g/mol. The summed E-state index contributed by atoms with van der Waals surface area (Å²) >= 11 is 0. The van der Waals surface area contributed by atoms with Crippen molar-refractivity contribution in [2.75, 3.05) is 13.1 Å². The van der Waals surface area contributed by atoms with Gasteiger partial charge in [0.2, 0.25) is 0 Å². The number of hydrogen-bond donors (Lipinski definition) is 2. The first-order chi connectivity index (χ1) is 7.84. The van der Waals surface area contributed by atoms with Crippen molar-refractivity contribution in [2.24, 2.45) is 0 Å². The molecular weight excluding hydrogens is 203 g/mol. The third-order valence-electron chi connectivity index (χ3n) is 3.52. The highest BCUT2D eigenvalue weighted by atomic mass is 19.1. The Labute approximate surface area is 95.2 Å². The van der Waals surface area contributed by atoms with Gasteiger partial charge in [-0.2, -0.15) is 0 Å². The highest BCUT2D eigenvalue weighted by molar-refractivity contribution is 5.34. The van der Waals surface area contributed by atoms with Gasteiger partial charge in [-0.25, -0.2) is 4.39 Å². The molecule has 1 fully saturated rings. The van der Waals surface area contributed by atoms with Gasteiger partial charge in [-0.1, -0.05) is 12.1 Å². The summed E-state index contributed by atoms with van der Waals surface area (Å²) in [4.78, 5) is 0. The van der Waals surface area contributed by atoms with Gasteiger partial charge in [0.05, 0.1) is 0 Å². The van der Waals surface area contributed by atoms with Crippen molar-refractivity contribution in [3.63, 3.8) is 0 Å². The van der Waals surface area contributed by atoms with E-state index in [4.69, 9.17) is 0 Å². The van der Waals surface area contributed by atoms with E-state index in [2.05, 4.69) is 16.7 Å². The summed E-state index contributed by atoms with van der Waals surface area (Å²) in [5.41, 5.74) is 2.04. The molecule has 1 aromatic carbocycles. The van der Waals surface area contributed by atoms with Crippen LogP contribution in [0.1, 0.15) is 29.9 Å². The van der Waals surface area contributed by atoms with E-state index in [0.29, 0.717) is 12.5 Å². The van der Waals surface area contributed by atoms with E-state index in [1.807, 2.05) is 6.07 Å². The highest BCUT2D eigenvalue weighted by Gasteiger charge is 2.25. The Morgan fingerprint density at radius 2 is 2.25 bits per heavy atom. The zero-order valence-corrected chi connectivity index (χ0v) is 9.30. The fraction of sp³-hybridized carbons (Fsp3) is 0.538. The monoisotopic (exact) mass is 220 g/mol. The first kappa shape index (κ1) is 10.2. The van der Waals surface area contributed by atoms with Crippen LogP contribution in [0.4, 0.5) is 4.39 Å². The lowest BCUT2D eigenvalue weighted by atomic mass is 9.90. The summed E-state index contributed by atoms with van der Waals surface area (Å²) in [6, 6.07) is 6.17. The predicted octanol–water partition coefficient (Wildman–Crippen LogP) is 1.76. The van der Waals surface area contributed by atoms with Crippen molar-refractivity contribution < 1.29 is 4.39 Å². The van der Waals surface area contributed by atoms with Gasteiger partial charge in [0.25, 0.3) is 0 Å². The molecule has 16 heavy (non-hydrogen) atoms. The Hall–Kier alpha value is -0.930. The van der Waals surface area contributed by atoms with Crippen LogP contribution in [-0.2, 0) is 6.54 Å². The SMILES string of the molecule is Fc1cccc2c1CNCC2CNC1CC1. The van der Waals surface area contributed by atoms with Gasteiger partial charge in [-0.3, -0.25) is 0 Å². The summed E-state index contributed by atoms with van der Waals surface area (Å²) in [6.07, 6.45) is 2.60. The van der Waals surface area contributed by atoms with Crippen molar-refractivity contribution >= 4 is 0 Å². The summed E-state index contributed by atoms with van der Waals surface area (Å²) in [6.45, 7) is 2.59. The molecule has 2 aliphatic rings. The maximum Gasteiger partial charge on any atom is 0.127 e. The molecule has 1 unspecified atom stereocenters. The molecule has 0 aromatic heterocycles. The Morgan fingerprint density at radius 3 is 3.06 bits per heavy atom. The lowest BCUT2D eigenvalue weighted by molar-refractivity contribution is 0.483. The second-order valence-corrected chi connectivity index (χ2v) is 4.82. The molecule has 1 saturated carbocycles. The standard InChI is InChI=1S/C13H17FN2/c14-13-3-1-2-11-9(6-15-8-12(11)13)7-16-10-4-5-10/h1-3,9-10,15-16H,4-8H2. The molecule has 3 heteroatoms. The van der Waals surface area contributed by atoms with Gasteiger partial charge < -0.3 is 10.6 Å². The predicted molar refractivity (Wildman–Crippen MR) is 61.9 cm³/mol. The van der Waals surface area contributed by atoms with Crippen molar-refractivity contribution in [2.45, 2.75) is 31.3 Å². The molecule has 1 aliphatic carbocycles. The molecule has 0 bridgehead atoms. The molecule has 3 rings (SSSR count). The Morgan fingerprint density at radius 1 is 1.38 bits per heavy atom. The zero-order chi connectivity index (χ0) is 11.0. The number of halogens is 1. The minimum Gasteiger partial charge on any atom is -0.313 e. The quantitative estimate of drug-likeness (QED) is 0.811. The number of hydrogen-bond acceptors (Lipinski definition) is 2. The fourth-order valence-electron chi connectivity index (χ4n) is 2.40. The number of nitrogens with one attached hydrogen (secondary N) is 2. The second kappa shape index (κ2) is 4.15. The molecule has 1 aliphatic heterocycles. The smallest absolute Gasteiger partial charge is 0.127 e. The van der Waals surface area contributed by atoms with Crippen LogP contribution in [0.15, 0.2) is 18.2 Å². The Bertz CT molecular complexity index is 388. The van der Waals surface area contributed by atoms with Crippen LogP contribution >= 0.6 is 0 Å². The van der Waals surface area contributed by atoms with E-state index < -0.39 is 0 Å². The third-order valence-corrected chi connectivity index (χ3v) is 3.52. The minimum absolute atomic E-state index is 0.0684. The number of benzene rings is 1. The van der Waals surface area contributed by atoms with E-state index in [1.165, 1.54) is 18.4 Å². The fourth-order valence-corrected chi connectivity index (χ4v) is 2.40. The molecule has 2 nitrogen and oxygen atoms in total. The lowest BCUT2D eigenvalue weighted by Crippen LogP contribution is -2.35. The van der Waals surface area contributed by atoms with E-state index in [-0.39, 0.29) is 5.82 Å². The molecule has 0 radical (unpaired) electrons. The normalized spacial score (nSPS) is 24.2. The molecule has 0 saturated heterocycles. The Balaban J connectivity index is 1.78. The second-order valence-electron chi connectivity index (χ2n) is 4.82. The van der Waals surface area contributed by atoms with Crippen molar-refractivity contribution in [1.82, 2.24) is 10.6 Å². The van der Waals surface area contributed by atoms with E-state index >= 15 is 0 Å². The van der Waals surface area contributed by atoms with E-state index in [9.17, 15) is 4.39 Å². The van der Waals surface area contributed by atoms with Gasteiger partial charge in [0.1, 0.15) is 5.82 Å². The van der Waals surface area contributed by atoms with Crippen molar-refractivity contribution in [3.05, 3.63) is 35.1 Å². The largest absolute Gasteiger partial charge is 0.313 e. The Kier molecular flexibility index (Phi) is 2.65. The third kappa shape index (κ3) is 1.97. The van der Waals surface area contributed by atoms with Gasteiger partial charge >= 0.3 is 0 Å². The molecule has 1 heterocycles. The molecule has 1 atom stereocenters. The first-order valence-electron chi connectivity index (χ1n) is 6.06. The van der Waals surface area contributed by atoms with Crippen LogP contribution in [0, 0.1) is 5.82 Å². The van der Waals surface area contributed by atoms with E-state index in [0.717, 1.165) is 24.7 Å². The van der Waals surface area contributed by atoms with Gasteiger partial charge in [0.15, 0.2) is 0 Å². The van der Waals surface area contributed by atoms with Crippen LogP contribution in [0.2, 0.25) is 0 Å². The van der Waals surface area contributed by atoms with Gasteiger partial charge in [0, 0.05) is 37.2 Å². The molecule has 2 N–H and O–H groups in total. The lowest BCUT2D eigenvalue weighted by Gasteiger charge is -2.27. The van der Waals surface area contributed by atoms with Gasteiger partial charge in [-0.05, 0) is 24.5 Å². The zero-order valence-electron chi connectivity index (χ0n) is 9.30. The summed E-state index contributed by atoms with van der Waals surface area (Å²) in [5.74, 6) is 0.348. The van der Waals surface area contributed by atoms with Crippen molar-refractivity contribution in [3.8, 4) is 0 Å². The van der Waals surface area contributed by atoms with Crippen molar-refractivity contribution in [1.29, 1.82) is 0 Å². The maximum absolute atomic E-state index is 13.6. The molecule has 86 valence electrons. The summed E-state index contributed by atoms with van der Waals surface area (Å²) < 4.78 is 13.6. The molecule has 1 aromatic rings. The van der Waals surface area contributed by atoms with Crippen LogP contribution < -0.4 is 10.6 Å². The van der Waals surface area contributed by atoms with Crippen LogP contribution in [0.25, 0.3) is 0 Å². The average Bonchev–Trinajstić information content (AvgIpc) is 3.11. The highest BCUT2D eigenvalue weighted by Crippen LogP contribution is 2.27. The molecule has 0 spiro atoms. The maximum atomic E-state index is 13.6. The van der Waals surface area contributed by atoms with Crippen LogP contribution in [0.3, 0.4) is 0 Å². The summed E-state index contributed by atoms with van der Waals surface area (Å²) in [5, 5.41) is 6.82. The topological polar surface area (TPSA) is 24.1 Å². The number of fused-ring (bicyclic) bond motifs is 1. The number of rotatable bonds is 3. The van der Waals surface area contributed by atoms with E-state index in [1.54, 1.807) is 6.07 Å². The van der Waals surface area contributed by atoms with Crippen LogP contribution in [-0.4, -0.2) is 19.1 Å². The van der Waals surface area contributed by atoms with Gasteiger partial charge in [-0.15, -0.1) is 0 Å². The molecule has 0 amide bonds. The molecular formula is C13H17FN2. The van der Waals surface area contributed by atoms with Crippen LogP contribution in [0.5, 0.6) is 0 Å².